The van der Waals surface area contributed by atoms with Gasteiger partial charge < -0.3 is 10.1 Å². The highest BCUT2D eigenvalue weighted by atomic mass is 19.2. The minimum atomic E-state index is -0.921. The van der Waals surface area contributed by atoms with Gasteiger partial charge in [-0.3, -0.25) is 0 Å². The summed E-state index contributed by atoms with van der Waals surface area (Å²) in [5, 5.41) is 3.28. The van der Waals surface area contributed by atoms with Crippen LogP contribution >= 0.6 is 0 Å². The lowest BCUT2D eigenvalue weighted by atomic mass is 10.2. The molecule has 0 aromatic heterocycles. The van der Waals surface area contributed by atoms with E-state index < -0.39 is 11.6 Å². The molecular weight excluding hydrogens is 224 g/mol. The maximum Gasteiger partial charge on any atom is 0.200 e. The maximum atomic E-state index is 13.2. The normalized spacial score (nSPS) is 10.9. The summed E-state index contributed by atoms with van der Waals surface area (Å²) in [7, 11) is 0. The Bertz CT molecular complexity index is 340. The summed E-state index contributed by atoms with van der Waals surface area (Å²) >= 11 is 0. The molecule has 0 bridgehead atoms. The van der Waals surface area contributed by atoms with E-state index in [1.54, 1.807) is 0 Å². The van der Waals surface area contributed by atoms with E-state index in [2.05, 4.69) is 19.2 Å². The third-order valence-electron chi connectivity index (χ3n) is 2.69. The molecule has 0 radical (unpaired) electrons. The van der Waals surface area contributed by atoms with E-state index in [-0.39, 0.29) is 5.75 Å². The summed E-state index contributed by atoms with van der Waals surface area (Å²) in [6, 6.07) is 4.39. The minimum Gasteiger partial charge on any atom is -0.489 e. The summed E-state index contributed by atoms with van der Waals surface area (Å²) in [6.45, 7) is 5.17. The molecule has 1 N–H and O–H groups in total. The van der Waals surface area contributed by atoms with Crippen LogP contribution in [-0.4, -0.2) is 19.2 Å². The fraction of sp³-hybridized carbons (Fsp3) is 0.538. The molecule has 0 unspecified atom stereocenters. The molecule has 0 atom stereocenters. The largest absolute Gasteiger partial charge is 0.489 e. The second-order valence-electron chi connectivity index (χ2n) is 3.87. The van der Waals surface area contributed by atoms with E-state index in [0.717, 1.165) is 18.9 Å². The highest BCUT2D eigenvalue weighted by Crippen LogP contribution is 2.18. The van der Waals surface area contributed by atoms with Crippen LogP contribution in [0.3, 0.4) is 0 Å². The van der Waals surface area contributed by atoms with E-state index in [4.69, 9.17) is 4.74 Å². The molecule has 0 saturated heterocycles. The minimum absolute atomic E-state index is 0.0312. The van der Waals surface area contributed by atoms with Crippen molar-refractivity contribution in [2.75, 3.05) is 13.2 Å². The van der Waals surface area contributed by atoms with E-state index in [1.807, 2.05) is 0 Å². The number of hydrogen-bond acceptors (Lipinski definition) is 2. The topological polar surface area (TPSA) is 21.3 Å². The zero-order chi connectivity index (χ0) is 12.7. The van der Waals surface area contributed by atoms with Gasteiger partial charge in [-0.1, -0.05) is 19.9 Å². The van der Waals surface area contributed by atoms with Gasteiger partial charge in [0.25, 0.3) is 0 Å². The van der Waals surface area contributed by atoms with Crippen LogP contribution in [0, 0.1) is 11.6 Å². The summed E-state index contributed by atoms with van der Waals surface area (Å²) < 4.78 is 31.2. The van der Waals surface area contributed by atoms with Crippen molar-refractivity contribution >= 4 is 0 Å². The first-order valence-electron chi connectivity index (χ1n) is 5.99. The lowest BCUT2D eigenvalue weighted by Crippen LogP contribution is -2.31. The van der Waals surface area contributed by atoms with Crippen molar-refractivity contribution in [1.29, 1.82) is 0 Å². The molecule has 17 heavy (non-hydrogen) atoms. The summed E-state index contributed by atoms with van der Waals surface area (Å²) in [4.78, 5) is 0. The molecule has 4 heteroatoms. The van der Waals surface area contributed by atoms with Gasteiger partial charge in [0.15, 0.2) is 11.6 Å². The summed E-state index contributed by atoms with van der Waals surface area (Å²) in [5.41, 5.74) is 0. The predicted octanol–water partition coefficient (Wildman–Crippen LogP) is 3.12. The number of hydrogen-bond donors (Lipinski definition) is 1. The smallest absolute Gasteiger partial charge is 0.200 e. The highest BCUT2D eigenvalue weighted by Gasteiger charge is 2.08. The molecule has 0 amide bonds. The van der Waals surface area contributed by atoms with Gasteiger partial charge >= 0.3 is 0 Å². The van der Waals surface area contributed by atoms with Crippen LogP contribution in [0.25, 0.3) is 0 Å². The van der Waals surface area contributed by atoms with Crippen LogP contribution in [0.2, 0.25) is 0 Å². The third kappa shape index (κ3) is 4.30. The lowest BCUT2D eigenvalue weighted by molar-refractivity contribution is 0.284. The average Bonchev–Trinajstić information content (AvgIpc) is 2.34. The Morgan fingerprint density at radius 1 is 1.24 bits per heavy atom. The predicted molar refractivity (Wildman–Crippen MR) is 64.2 cm³/mol. The summed E-state index contributed by atoms with van der Waals surface area (Å²) in [5.74, 6) is -1.83. The van der Waals surface area contributed by atoms with Crippen molar-refractivity contribution in [2.24, 2.45) is 0 Å². The molecule has 0 aliphatic rings. The molecule has 2 nitrogen and oxygen atoms in total. The monoisotopic (exact) mass is 243 g/mol. The number of benzene rings is 1. The van der Waals surface area contributed by atoms with Gasteiger partial charge in [-0.2, -0.15) is 4.39 Å². The Labute approximate surface area is 101 Å². The third-order valence-corrected chi connectivity index (χ3v) is 2.69. The second-order valence-corrected chi connectivity index (χ2v) is 3.87. The van der Waals surface area contributed by atoms with Gasteiger partial charge in [0.05, 0.1) is 0 Å². The highest BCUT2D eigenvalue weighted by molar-refractivity contribution is 5.24. The van der Waals surface area contributed by atoms with Crippen molar-refractivity contribution in [3.8, 4) is 5.75 Å². The first kappa shape index (κ1) is 13.9. The van der Waals surface area contributed by atoms with Crippen LogP contribution in [0.4, 0.5) is 8.78 Å². The van der Waals surface area contributed by atoms with Crippen molar-refractivity contribution in [2.45, 2.75) is 32.7 Å². The number of ether oxygens (including phenoxy) is 1. The molecule has 1 rings (SSSR count). The first-order valence-corrected chi connectivity index (χ1v) is 5.99. The SMILES string of the molecule is CCC(CC)NCCOc1cccc(F)c1F. The zero-order valence-corrected chi connectivity index (χ0v) is 10.3. The zero-order valence-electron chi connectivity index (χ0n) is 10.3. The van der Waals surface area contributed by atoms with Crippen molar-refractivity contribution < 1.29 is 13.5 Å². The number of nitrogens with one attached hydrogen (secondary N) is 1. The molecule has 96 valence electrons. The van der Waals surface area contributed by atoms with Gasteiger partial charge in [-0.15, -0.1) is 0 Å². The molecule has 0 fully saturated rings. The molecule has 1 aromatic carbocycles. The number of rotatable bonds is 7. The molecule has 0 saturated carbocycles. The average molecular weight is 243 g/mol. The molecule has 0 spiro atoms. The van der Waals surface area contributed by atoms with Crippen LogP contribution < -0.4 is 10.1 Å². The Balaban J connectivity index is 2.33. The lowest BCUT2D eigenvalue weighted by Gasteiger charge is -2.15. The van der Waals surface area contributed by atoms with Gasteiger partial charge in [-0.25, -0.2) is 4.39 Å². The van der Waals surface area contributed by atoms with Gasteiger partial charge in [0.2, 0.25) is 5.82 Å². The molecular formula is C13H19F2NO. The Kier molecular flexibility index (Phi) is 5.91. The van der Waals surface area contributed by atoms with Crippen molar-refractivity contribution in [3.05, 3.63) is 29.8 Å². The fourth-order valence-corrected chi connectivity index (χ4v) is 1.60. The quantitative estimate of drug-likeness (QED) is 0.743. The molecule has 0 aliphatic carbocycles. The Hall–Kier alpha value is -1.16. The molecule has 0 heterocycles. The van der Waals surface area contributed by atoms with Crippen molar-refractivity contribution in [1.82, 2.24) is 5.32 Å². The number of halogens is 2. The van der Waals surface area contributed by atoms with Gasteiger partial charge in [-0.05, 0) is 25.0 Å². The molecule has 1 aromatic rings. The van der Waals surface area contributed by atoms with Crippen LogP contribution in [0.15, 0.2) is 18.2 Å². The van der Waals surface area contributed by atoms with E-state index in [9.17, 15) is 8.78 Å². The maximum absolute atomic E-state index is 13.2. The van der Waals surface area contributed by atoms with Gasteiger partial charge in [0, 0.05) is 12.6 Å². The van der Waals surface area contributed by atoms with Gasteiger partial charge in [0.1, 0.15) is 6.61 Å². The van der Waals surface area contributed by atoms with E-state index in [0.29, 0.717) is 19.2 Å². The Morgan fingerprint density at radius 2 is 1.94 bits per heavy atom. The fourth-order valence-electron chi connectivity index (χ4n) is 1.60. The first-order chi connectivity index (χ1) is 8.19. The van der Waals surface area contributed by atoms with Crippen molar-refractivity contribution in [3.63, 3.8) is 0 Å². The van der Waals surface area contributed by atoms with E-state index in [1.165, 1.54) is 12.1 Å². The molecule has 0 aliphatic heterocycles. The standard InChI is InChI=1S/C13H19F2NO/c1-3-10(4-2)16-8-9-17-12-7-5-6-11(14)13(12)15/h5-7,10,16H,3-4,8-9H2,1-2H3. The van der Waals surface area contributed by atoms with Crippen LogP contribution in [0.1, 0.15) is 26.7 Å². The van der Waals surface area contributed by atoms with Crippen LogP contribution in [-0.2, 0) is 0 Å². The van der Waals surface area contributed by atoms with Crippen LogP contribution in [0.5, 0.6) is 5.75 Å². The Morgan fingerprint density at radius 3 is 2.59 bits per heavy atom. The summed E-state index contributed by atoms with van der Waals surface area (Å²) in [6.07, 6.45) is 2.09. The van der Waals surface area contributed by atoms with E-state index >= 15 is 0 Å². The second kappa shape index (κ2) is 7.22.